The van der Waals surface area contributed by atoms with Crippen molar-refractivity contribution in [3.8, 4) is 0 Å². The number of nitrogens with zero attached hydrogens (tertiary/aromatic N) is 3. The number of aromatic nitrogens is 1. The summed E-state index contributed by atoms with van der Waals surface area (Å²) in [5.74, 6) is -2.87. The highest BCUT2D eigenvalue weighted by Crippen LogP contribution is 2.33. The van der Waals surface area contributed by atoms with E-state index in [0.29, 0.717) is 43.4 Å². The molecular formula is C19H17F4N3O3. The molecule has 1 aliphatic heterocycles. The lowest BCUT2D eigenvalue weighted by molar-refractivity contribution is -0.138. The minimum atomic E-state index is -4.76. The lowest BCUT2D eigenvalue weighted by atomic mass is 10.0. The van der Waals surface area contributed by atoms with E-state index in [4.69, 9.17) is 5.11 Å². The van der Waals surface area contributed by atoms with Crippen LogP contribution >= 0.6 is 0 Å². The number of alkyl halides is 3. The highest BCUT2D eigenvalue weighted by molar-refractivity contribution is 5.96. The Morgan fingerprint density at radius 2 is 1.76 bits per heavy atom. The second-order valence-electron chi connectivity index (χ2n) is 6.64. The number of aromatic carboxylic acids is 1. The van der Waals surface area contributed by atoms with Crippen LogP contribution in [0.2, 0.25) is 0 Å². The molecule has 0 aliphatic carbocycles. The van der Waals surface area contributed by atoms with Crippen molar-refractivity contribution in [3.63, 3.8) is 0 Å². The summed E-state index contributed by atoms with van der Waals surface area (Å²) in [6.45, 7) is 1.47. The lowest BCUT2D eigenvalue weighted by Gasteiger charge is -2.35. The van der Waals surface area contributed by atoms with E-state index in [0.717, 1.165) is 0 Å². The largest absolute Gasteiger partial charge is 0.478 e. The van der Waals surface area contributed by atoms with Crippen molar-refractivity contribution in [2.24, 2.45) is 0 Å². The first kappa shape index (κ1) is 20.7. The minimum absolute atomic E-state index is 0.0575. The van der Waals surface area contributed by atoms with Crippen molar-refractivity contribution < 1.29 is 32.3 Å². The molecule has 0 unspecified atom stereocenters. The van der Waals surface area contributed by atoms with Gasteiger partial charge in [-0.3, -0.25) is 14.7 Å². The van der Waals surface area contributed by atoms with Gasteiger partial charge in [0.15, 0.2) is 0 Å². The number of halogens is 4. The Bertz CT molecular complexity index is 925. The molecule has 10 heteroatoms. The third-order valence-electron chi connectivity index (χ3n) is 4.62. The maximum atomic E-state index is 13.5. The van der Waals surface area contributed by atoms with Gasteiger partial charge < -0.3 is 10.0 Å². The highest BCUT2D eigenvalue weighted by Gasteiger charge is 2.37. The summed E-state index contributed by atoms with van der Waals surface area (Å²) in [5.41, 5.74) is -1.14. The van der Waals surface area contributed by atoms with Crippen LogP contribution in [0, 0.1) is 5.82 Å². The maximum Gasteiger partial charge on any atom is 0.417 e. The quantitative estimate of drug-likeness (QED) is 0.784. The lowest BCUT2D eigenvalue weighted by Crippen LogP contribution is -2.48. The van der Waals surface area contributed by atoms with E-state index < -0.39 is 35.0 Å². The average Bonchev–Trinajstić information content (AvgIpc) is 2.67. The molecule has 1 amide bonds. The van der Waals surface area contributed by atoms with Crippen LogP contribution in [-0.2, 0) is 12.7 Å². The number of carboxylic acid groups (broad SMARTS) is 1. The Labute approximate surface area is 163 Å². The van der Waals surface area contributed by atoms with Gasteiger partial charge in [0.25, 0.3) is 5.91 Å². The molecule has 2 heterocycles. The number of piperazine rings is 1. The fourth-order valence-corrected chi connectivity index (χ4v) is 3.17. The third kappa shape index (κ3) is 4.89. The normalized spacial score (nSPS) is 15.4. The summed E-state index contributed by atoms with van der Waals surface area (Å²) >= 11 is 0. The Morgan fingerprint density at radius 1 is 1.07 bits per heavy atom. The SMILES string of the molecule is O=C(O)c1cncc(CN2CCN(C(=O)c3cc(F)ccc3C(F)(F)F)CC2)c1. The van der Waals surface area contributed by atoms with Gasteiger partial charge in [-0.05, 0) is 29.8 Å². The average molecular weight is 411 g/mol. The number of hydrogen-bond donors (Lipinski definition) is 1. The van der Waals surface area contributed by atoms with Crippen molar-refractivity contribution in [1.82, 2.24) is 14.8 Å². The Balaban J connectivity index is 1.67. The van der Waals surface area contributed by atoms with Gasteiger partial charge in [-0.1, -0.05) is 0 Å². The molecule has 1 saturated heterocycles. The number of amides is 1. The number of carbonyl (C=O) groups is 2. The van der Waals surface area contributed by atoms with Gasteiger partial charge in [-0.2, -0.15) is 13.2 Å². The Morgan fingerprint density at radius 3 is 2.38 bits per heavy atom. The van der Waals surface area contributed by atoms with Crippen LogP contribution in [0.5, 0.6) is 0 Å². The molecule has 154 valence electrons. The van der Waals surface area contributed by atoms with E-state index in [-0.39, 0.29) is 18.7 Å². The van der Waals surface area contributed by atoms with Gasteiger partial charge in [0.05, 0.1) is 16.7 Å². The number of carbonyl (C=O) groups excluding carboxylic acids is 1. The first-order chi connectivity index (χ1) is 13.6. The van der Waals surface area contributed by atoms with Gasteiger partial charge >= 0.3 is 12.1 Å². The monoisotopic (exact) mass is 411 g/mol. The maximum absolute atomic E-state index is 13.5. The first-order valence-electron chi connectivity index (χ1n) is 8.71. The van der Waals surface area contributed by atoms with Crippen molar-refractivity contribution >= 4 is 11.9 Å². The third-order valence-corrected chi connectivity index (χ3v) is 4.62. The van der Waals surface area contributed by atoms with E-state index >= 15 is 0 Å². The molecule has 1 aliphatic rings. The van der Waals surface area contributed by atoms with Crippen LogP contribution in [-0.4, -0.2) is 57.9 Å². The van der Waals surface area contributed by atoms with Crippen molar-refractivity contribution in [2.75, 3.05) is 26.2 Å². The fraction of sp³-hybridized carbons (Fsp3) is 0.316. The predicted octanol–water partition coefficient (Wildman–Crippen LogP) is 2.90. The predicted molar refractivity (Wildman–Crippen MR) is 93.8 cm³/mol. The Kier molecular flexibility index (Phi) is 5.83. The molecule has 0 atom stereocenters. The molecular weight excluding hydrogens is 394 g/mol. The second-order valence-corrected chi connectivity index (χ2v) is 6.64. The van der Waals surface area contributed by atoms with Gasteiger partial charge in [0, 0.05) is 45.1 Å². The molecule has 1 fully saturated rings. The molecule has 0 saturated carbocycles. The van der Waals surface area contributed by atoms with Crippen LogP contribution in [0.4, 0.5) is 17.6 Å². The molecule has 0 spiro atoms. The number of pyridine rings is 1. The van der Waals surface area contributed by atoms with Gasteiger partial charge in [0.1, 0.15) is 5.82 Å². The molecule has 6 nitrogen and oxygen atoms in total. The van der Waals surface area contributed by atoms with Crippen molar-refractivity contribution in [3.05, 3.63) is 64.7 Å². The van der Waals surface area contributed by atoms with Crippen LogP contribution in [0.15, 0.2) is 36.7 Å². The minimum Gasteiger partial charge on any atom is -0.478 e. The van der Waals surface area contributed by atoms with Gasteiger partial charge in [-0.15, -0.1) is 0 Å². The zero-order chi connectivity index (χ0) is 21.2. The van der Waals surface area contributed by atoms with Gasteiger partial charge in [0.2, 0.25) is 0 Å². The van der Waals surface area contributed by atoms with Crippen LogP contribution in [0.3, 0.4) is 0 Å². The van der Waals surface area contributed by atoms with E-state index in [1.165, 1.54) is 23.4 Å². The smallest absolute Gasteiger partial charge is 0.417 e. The summed E-state index contributed by atoms with van der Waals surface area (Å²) in [7, 11) is 0. The molecule has 0 radical (unpaired) electrons. The van der Waals surface area contributed by atoms with Crippen LogP contribution < -0.4 is 0 Å². The molecule has 0 bridgehead atoms. The molecule has 3 rings (SSSR count). The van der Waals surface area contributed by atoms with Crippen molar-refractivity contribution in [2.45, 2.75) is 12.7 Å². The summed E-state index contributed by atoms with van der Waals surface area (Å²) in [6, 6.07) is 3.36. The summed E-state index contributed by atoms with van der Waals surface area (Å²) in [4.78, 5) is 30.7. The summed E-state index contributed by atoms with van der Waals surface area (Å²) < 4.78 is 52.9. The molecule has 1 aromatic heterocycles. The topological polar surface area (TPSA) is 73.7 Å². The highest BCUT2D eigenvalue weighted by atomic mass is 19.4. The van der Waals surface area contributed by atoms with Crippen LogP contribution in [0.1, 0.15) is 31.8 Å². The zero-order valence-corrected chi connectivity index (χ0v) is 15.1. The standard InChI is InChI=1S/C19H17F4N3O3/c20-14-1-2-16(19(21,22)23)15(8-14)17(27)26-5-3-25(4-6-26)11-12-7-13(18(28)29)10-24-9-12/h1-2,7-10H,3-6,11H2,(H,28,29). The summed E-state index contributed by atoms with van der Waals surface area (Å²) in [5, 5.41) is 9.01. The van der Waals surface area contributed by atoms with E-state index in [1.807, 2.05) is 4.90 Å². The molecule has 1 aromatic carbocycles. The number of carboxylic acids is 1. The van der Waals surface area contributed by atoms with E-state index in [1.54, 1.807) is 0 Å². The fourth-order valence-electron chi connectivity index (χ4n) is 3.17. The summed E-state index contributed by atoms with van der Waals surface area (Å²) in [6.07, 6.45) is -1.99. The first-order valence-corrected chi connectivity index (χ1v) is 8.71. The molecule has 1 N–H and O–H groups in total. The molecule has 29 heavy (non-hydrogen) atoms. The van der Waals surface area contributed by atoms with Gasteiger partial charge in [-0.25, -0.2) is 9.18 Å². The van der Waals surface area contributed by atoms with Crippen molar-refractivity contribution in [1.29, 1.82) is 0 Å². The zero-order valence-electron chi connectivity index (χ0n) is 15.1. The van der Waals surface area contributed by atoms with E-state index in [9.17, 15) is 27.2 Å². The number of benzene rings is 1. The molecule has 2 aromatic rings. The van der Waals surface area contributed by atoms with E-state index in [2.05, 4.69) is 4.98 Å². The second kappa shape index (κ2) is 8.16. The van der Waals surface area contributed by atoms with Crippen LogP contribution in [0.25, 0.3) is 0 Å². The number of rotatable bonds is 4. The Hall–Kier alpha value is -3.01. The number of hydrogen-bond acceptors (Lipinski definition) is 4.